The molecule has 0 saturated heterocycles. The van der Waals surface area contributed by atoms with Crippen molar-refractivity contribution in [3.05, 3.63) is 80.5 Å². The maximum atomic E-state index is 13.3. The highest BCUT2D eigenvalue weighted by Gasteiger charge is 2.20. The zero-order valence-corrected chi connectivity index (χ0v) is 18.8. The monoisotopic (exact) mass is 452 g/mol. The number of carbonyl (C=O) groups is 1. The highest BCUT2D eigenvalue weighted by molar-refractivity contribution is 8.00. The lowest BCUT2D eigenvalue weighted by Gasteiger charge is -2.12. The van der Waals surface area contributed by atoms with Crippen LogP contribution in [0.4, 0.5) is 5.69 Å². The highest BCUT2D eigenvalue weighted by atomic mass is 32.2. The van der Waals surface area contributed by atoms with Gasteiger partial charge in [-0.1, -0.05) is 36.0 Å². The van der Waals surface area contributed by atoms with E-state index in [1.54, 1.807) is 30.3 Å². The van der Waals surface area contributed by atoms with Gasteiger partial charge in [-0.15, -0.1) is 11.3 Å². The van der Waals surface area contributed by atoms with Crippen molar-refractivity contribution in [3.8, 4) is 5.69 Å². The lowest BCUT2D eigenvalue weighted by molar-refractivity contribution is -0.116. The van der Waals surface area contributed by atoms with E-state index in [1.165, 1.54) is 27.7 Å². The lowest BCUT2D eigenvalue weighted by Crippen LogP contribution is -2.40. The van der Waals surface area contributed by atoms with E-state index in [9.17, 15) is 14.4 Å². The van der Waals surface area contributed by atoms with Crippen LogP contribution in [0.2, 0.25) is 0 Å². The van der Waals surface area contributed by atoms with Crippen LogP contribution in [-0.2, 0) is 11.3 Å². The van der Waals surface area contributed by atoms with Gasteiger partial charge in [0.15, 0.2) is 9.99 Å². The van der Waals surface area contributed by atoms with Crippen molar-refractivity contribution in [1.82, 2.24) is 14.1 Å². The second-order valence-corrected chi connectivity index (χ2v) is 9.08. The van der Waals surface area contributed by atoms with E-state index in [1.807, 2.05) is 38.3 Å². The first-order valence-corrected chi connectivity index (χ1v) is 11.6. The molecule has 0 unspecified atom stereocenters. The fraction of sp³-hybridized carbons (Fsp3) is 0.182. The Morgan fingerprint density at radius 2 is 1.84 bits per heavy atom. The molecule has 0 aliphatic carbocycles. The van der Waals surface area contributed by atoms with Crippen LogP contribution >= 0.6 is 23.1 Å². The zero-order valence-electron chi connectivity index (χ0n) is 17.2. The second-order valence-electron chi connectivity index (χ2n) is 7.03. The molecule has 0 aliphatic rings. The summed E-state index contributed by atoms with van der Waals surface area (Å²) >= 11 is 2.60. The number of rotatable bonds is 5. The van der Waals surface area contributed by atoms with Crippen molar-refractivity contribution in [2.45, 2.75) is 24.7 Å². The molecule has 158 valence electrons. The smallest absolute Gasteiger partial charge is 0.325 e. The van der Waals surface area contributed by atoms with Crippen molar-refractivity contribution in [3.63, 3.8) is 0 Å². The number of anilines is 1. The van der Waals surface area contributed by atoms with Crippen molar-refractivity contribution < 1.29 is 4.79 Å². The normalized spacial score (nSPS) is 11.1. The first kappa shape index (κ1) is 21.1. The van der Waals surface area contributed by atoms with Crippen LogP contribution in [0.3, 0.4) is 0 Å². The number of thiazole rings is 1. The molecule has 0 saturated carbocycles. The Kier molecular flexibility index (Phi) is 5.79. The molecule has 0 fully saturated rings. The average molecular weight is 453 g/mol. The summed E-state index contributed by atoms with van der Waals surface area (Å²) in [5, 5.41) is 2.83. The van der Waals surface area contributed by atoms with Crippen LogP contribution in [0.1, 0.15) is 11.1 Å². The molecular weight excluding hydrogens is 432 g/mol. The number of hydrogen-bond acceptors (Lipinski definition) is 6. The van der Waals surface area contributed by atoms with Gasteiger partial charge in [-0.3, -0.25) is 14.2 Å². The Morgan fingerprint density at radius 3 is 2.52 bits per heavy atom. The van der Waals surface area contributed by atoms with Gasteiger partial charge in [-0.25, -0.2) is 14.3 Å². The van der Waals surface area contributed by atoms with Gasteiger partial charge in [0, 0.05) is 5.69 Å². The molecular formula is C22H20N4O3S2. The molecule has 0 atom stereocenters. The molecule has 9 heteroatoms. The summed E-state index contributed by atoms with van der Waals surface area (Å²) in [6.45, 7) is 3.70. The van der Waals surface area contributed by atoms with E-state index in [-0.39, 0.29) is 18.1 Å². The first-order valence-electron chi connectivity index (χ1n) is 9.52. The van der Waals surface area contributed by atoms with Crippen LogP contribution < -0.4 is 16.6 Å². The number of fused-ring (bicyclic) bond motifs is 1. The van der Waals surface area contributed by atoms with E-state index < -0.39 is 11.2 Å². The number of para-hydroxylation sites is 1. The summed E-state index contributed by atoms with van der Waals surface area (Å²) in [6.07, 6.45) is 1.85. The molecule has 1 amide bonds. The Labute approximate surface area is 186 Å². The number of hydrogen-bond donors (Lipinski definition) is 1. The number of benzene rings is 2. The molecule has 2 aromatic heterocycles. The molecule has 2 heterocycles. The lowest BCUT2D eigenvalue weighted by atomic mass is 10.1. The third-order valence-corrected chi connectivity index (χ3v) is 6.96. The number of nitrogens with one attached hydrogen (secondary N) is 1. The molecule has 0 spiro atoms. The van der Waals surface area contributed by atoms with Crippen LogP contribution in [0, 0.1) is 13.8 Å². The highest BCUT2D eigenvalue weighted by Crippen LogP contribution is 2.25. The number of thioether (sulfide) groups is 1. The minimum Gasteiger partial charge on any atom is -0.325 e. The fourth-order valence-corrected chi connectivity index (χ4v) is 4.71. The maximum absolute atomic E-state index is 13.3. The summed E-state index contributed by atoms with van der Waals surface area (Å²) in [5.41, 5.74) is 2.47. The van der Waals surface area contributed by atoms with Gasteiger partial charge in [-0.2, -0.15) is 0 Å². The summed E-state index contributed by atoms with van der Waals surface area (Å²) < 4.78 is 3.34. The predicted octanol–water partition coefficient (Wildman–Crippen LogP) is 3.59. The summed E-state index contributed by atoms with van der Waals surface area (Å²) in [5.74, 6) is -0.372. The molecule has 31 heavy (non-hydrogen) atoms. The Morgan fingerprint density at radius 1 is 1.10 bits per heavy atom. The van der Waals surface area contributed by atoms with E-state index in [4.69, 9.17) is 0 Å². The van der Waals surface area contributed by atoms with Crippen molar-refractivity contribution in [2.75, 3.05) is 11.6 Å². The molecule has 1 N–H and O–H groups in total. The van der Waals surface area contributed by atoms with Crippen molar-refractivity contribution in [1.29, 1.82) is 0 Å². The van der Waals surface area contributed by atoms with E-state index in [0.717, 1.165) is 15.7 Å². The third kappa shape index (κ3) is 4.06. The predicted molar refractivity (Wildman–Crippen MR) is 126 cm³/mol. The van der Waals surface area contributed by atoms with Crippen LogP contribution in [0.25, 0.3) is 16.0 Å². The van der Waals surface area contributed by atoms with Gasteiger partial charge in [-0.05, 0) is 55.5 Å². The standard InChI is InChI=1S/C22H20N4O3S2/c1-13-9-10-15(11-14(13)2)23-17(27)12-25-19-18(31-21(24-19)30-3)20(28)26(22(25)29)16-7-5-4-6-8-16/h4-11H,12H2,1-3H3,(H,23,27). The number of amides is 1. The third-order valence-electron chi connectivity index (χ3n) is 4.95. The van der Waals surface area contributed by atoms with Gasteiger partial charge in [0.25, 0.3) is 5.56 Å². The van der Waals surface area contributed by atoms with Gasteiger partial charge in [0.1, 0.15) is 11.2 Å². The second kappa shape index (κ2) is 8.52. The van der Waals surface area contributed by atoms with Crippen molar-refractivity contribution >= 4 is 45.0 Å². The van der Waals surface area contributed by atoms with E-state index in [0.29, 0.717) is 20.4 Å². The molecule has 0 radical (unpaired) electrons. The zero-order chi connectivity index (χ0) is 22.1. The fourth-order valence-electron chi connectivity index (χ4n) is 3.21. The number of aryl methyl sites for hydroxylation is 2. The molecule has 4 aromatic rings. The van der Waals surface area contributed by atoms with Gasteiger partial charge >= 0.3 is 5.69 Å². The number of carbonyl (C=O) groups excluding carboxylic acids is 1. The topological polar surface area (TPSA) is 86.0 Å². The van der Waals surface area contributed by atoms with Crippen LogP contribution in [-0.4, -0.2) is 26.3 Å². The number of nitrogens with zero attached hydrogens (tertiary/aromatic N) is 3. The van der Waals surface area contributed by atoms with Gasteiger partial charge in [0.05, 0.1) is 5.69 Å². The molecule has 4 rings (SSSR count). The molecule has 2 aromatic carbocycles. The summed E-state index contributed by atoms with van der Waals surface area (Å²) in [4.78, 5) is 43.6. The Balaban J connectivity index is 1.81. The SMILES string of the molecule is CSc1nc2c(s1)c(=O)n(-c1ccccc1)c(=O)n2CC(=O)Nc1ccc(C)c(C)c1. The molecule has 7 nitrogen and oxygen atoms in total. The quantitative estimate of drug-likeness (QED) is 0.468. The summed E-state index contributed by atoms with van der Waals surface area (Å²) in [7, 11) is 0. The van der Waals surface area contributed by atoms with E-state index in [2.05, 4.69) is 10.3 Å². The van der Waals surface area contributed by atoms with Crippen molar-refractivity contribution in [2.24, 2.45) is 0 Å². The average Bonchev–Trinajstić information content (AvgIpc) is 3.19. The van der Waals surface area contributed by atoms with Gasteiger partial charge in [0.2, 0.25) is 5.91 Å². The Hall–Kier alpha value is -3.17. The molecule has 0 aliphatic heterocycles. The van der Waals surface area contributed by atoms with E-state index >= 15 is 0 Å². The minimum absolute atomic E-state index is 0.228. The van der Waals surface area contributed by atoms with Crippen LogP contribution in [0.15, 0.2) is 62.5 Å². The maximum Gasteiger partial charge on any atom is 0.337 e. The first-order chi connectivity index (χ1) is 14.9. The summed E-state index contributed by atoms with van der Waals surface area (Å²) in [6, 6.07) is 14.3. The molecule has 0 bridgehead atoms. The Bertz CT molecular complexity index is 1400. The largest absolute Gasteiger partial charge is 0.337 e. The minimum atomic E-state index is -0.600. The number of aromatic nitrogens is 3. The van der Waals surface area contributed by atoms with Crippen LogP contribution in [0.5, 0.6) is 0 Å². The van der Waals surface area contributed by atoms with Gasteiger partial charge < -0.3 is 5.32 Å².